The zero-order chi connectivity index (χ0) is 23.3. The zero-order valence-electron chi connectivity index (χ0n) is 19.1. The number of H-pyrrole nitrogens is 1. The minimum Gasteiger partial charge on any atom is -0.376 e. The molecule has 3 aromatic rings. The molecule has 1 saturated carbocycles. The van der Waals surface area contributed by atoms with Gasteiger partial charge in [0.2, 0.25) is 5.91 Å². The molecular weight excluding hydrogens is 452 g/mol. The van der Waals surface area contributed by atoms with Gasteiger partial charge in [0.15, 0.2) is 11.0 Å². The number of nitrogens with one attached hydrogen (secondary N) is 3. The van der Waals surface area contributed by atoms with Gasteiger partial charge in [-0.05, 0) is 31.7 Å². The van der Waals surface area contributed by atoms with E-state index in [1.807, 2.05) is 24.4 Å². The molecule has 1 unspecified atom stereocenters. The van der Waals surface area contributed by atoms with Gasteiger partial charge in [-0.3, -0.25) is 14.7 Å². The van der Waals surface area contributed by atoms with Crippen molar-refractivity contribution in [1.29, 1.82) is 0 Å². The first-order valence-electron chi connectivity index (χ1n) is 12.0. The van der Waals surface area contributed by atoms with Crippen LogP contribution < -0.4 is 10.6 Å². The lowest BCUT2D eigenvalue weighted by Crippen LogP contribution is -2.43. The van der Waals surface area contributed by atoms with E-state index in [1.54, 1.807) is 0 Å². The van der Waals surface area contributed by atoms with Crippen LogP contribution in [0.2, 0.25) is 0 Å². The Balaban J connectivity index is 1.25. The first-order chi connectivity index (χ1) is 16.7. The summed E-state index contributed by atoms with van der Waals surface area (Å²) in [6.45, 7) is 1.45. The monoisotopic (exact) mass is 482 g/mol. The lowest BCUT2D eigenvalue weighted by molar-refractivity contribution is -0.119. The third-order valence-electron chi connectivity index (χ3n) is 6.46. The van der Waals surface area contributed by atoms with Crippen LogP contribution in [0.3, 0.4) is 0 Å². The van der Waals surface area contributed by atoms with Crippen LogP contribution in [0.4, 0.5) is 4.79 Å². The van der Waals surface area contributed by atoms with E-state index < -0.39 is 6.03 Å². The quantitative estimate of drug-likeness (QED) is 0.420. The molecule has 0 radical (unpaired) electrons. The lowest BCUT2D eigenvalue weighted by Gasteiger charge is -2.14. The van der Waals surface area contributed by atoms with Crippen LogP contribution in [0.25, 0.3) is 22.3 Å². The van der Waals surface area contributed by atoms with Crippen molar-refractivity contribution in [3.63, 3.8) is 0 Å². The molecule has 3 amide bonds. The van der Waals surface area contributed by atoms with Gasteiger partial charge < -0.3 is 15.0 Å². The van der Waals surface area contributed by atoms with E-state index in [-0.39, 0.29) is 24.5 Å². The van der Waals surface area contributed by atoms with Crippen molar-refractivity contribution in [2.24, 2.45) is 0 Å². The smallest absolute Gasteiger partial charge is 0.321 e. The highest BCUT2D eigenvalue weighted by atomic mass is 32.2. The van der Waals surface area contributed by atoms with Gasteiger partial charge in [-0.15, -0.1) is 10.2 Å². The number of benzene rings is 1. The van der Waals surface area contributed by atoms with Gasteiger partial charge in [0.05, 0.1) is 12.6 Å². The summed E-state index contributed by atoms with van der Waals surface area (Å²) in [5.41, 5.74) is 2.04. The second kappa shape index (κ2) is 10.6. The highest BCUT2D eigenvalue weighted by Gasteiger charge is 2.23. The van der Waals surface area contributed by atoms with Crippen molar-refractivity contribution >= 4 is 34.6 Å². The summed E-state index contributed by atoms with van der Waals surface area (Å²) in [5, 5.41) is 16.1. The molecule has 2 aromatic heterocycles. The highest BCUT2D eigenvalue weighted by molar-refractivity contribution is 7.99. The van der Waals surface area contributed by atoms with E-state index >= 15 is 0 Å². The van der Waals surface area contributed by atoms with Gasteiger partial charge in [0.1, 0.15) is 0 Å². The number of hydrogen-bond acceptors (Lipinski definition) is 6. The number of imide groups is 1. The lowest BCUT2D eigenvalue weighted by atomic mass is 10.1. The summed E-state index contributed by atoms with van der Waals surface area (Å²) in [4.78, 5) is 27.6. The van der Waals surface area contributed by atoms with E-state index in [0.29, 0.717) is 12.3 Å². The van der Waals surface area contributed by atoms with Gasteiger partial charge in [-0.2, -0.15) is 0 Å². The molecule has 9 nitrogen and oxygen atoms in total. The minimum absolute atomic E-state index is 0.127. The number of rotatable bonds is 8. The van der Waals surface area contributed by atoms with E-state index in [0.717, 1.165) is 72.6 Å². The zero-order valence-corrected chi connectivity index (χ0v) is 19.9. The standard InChI is InChI=1S/C24H30N6O3S/c31-21(27-23(32)26-16-6-1-2-7-16)11-13-34-24-29-28-22(30(24)15-17-8-5-12-33-17)19-14-25-20-10-4-3-9-18(19)20/h3-4,9-10,14,16-17,25H,1-2,5-8,11-13,15H2,(H2,26,27,31,32). The second-order valence-corrected chi connectivity index (χ2v) is 9.96. The minimum atomic E-state index is -0.398. The fraction of sp³-hybridized carbons (Fsp3) is 0.500. The summed E-state index contributed by atoms with van der Waals surface area (Å²) < 4.78 is 7.98. The van der Waals surface area contributed by atoms with Gasteiger partial charge in [-0.1, -0.05) is 42.8 Å². The fourth-order valence-electron chi connectivity index (χ4n) is 4.72. The molecule has 1 aliphatic carbocycles. The third-order valence-corrected chi connectivity index (χ3v) is 7.43. The molecule has 3 heterocycles. The van der Waals surface area contributed by atoms with E-state index in [1.165, 1.54) is 11.8 Å². The number of carbonyl (C=O) groups excluding carboxylic acids is 2. The first-order valence-corrected chi connectivity index (χ1v) is 13.0. The van der Waals surface area contributed by atoms with Crippen LogP contribution in [0.15, 0.2) is 35.6 Å². The maximum Gasteiger partial charge on any atom is 0.321 e. The highest BCUT2D eigenvalue weighted by Crippen LogP contribution is 2.31. The Hall–Kier alpha value is -2.85. The topological polar surface area (TPSA) is 114 Å². The normalized spacial score (nSPS) is 18.5. The second-order valence-electron chi connectivity index (χ2n) is 8.90. The van der Waals surface area contributed by atoms with Crippen LogP contribution >= 0.6 is 11.8 Å². The van der Waals surface area contributed by atoms with Crippen LogP contribution in [0.1, 0.15) is 44.9 Å². The van der Waals surface area contributed by atoms with Crippen LogP contribution in [-0.2, 0) is 16.1 Å². The Morgan fingerprint density at radius 1 is 1.15 bits per heavy atom. The molecule has 0 spiro atoms. The average molecular weight is 483 g/mol. The van der Waals surface area contributed by atoms with Crippen molar-refractivity contribution in [1.82, 2.24) is 30.4 Å². The number of thioether (sulfide) groups is 1. The van der Waals surface area contributed by atoms with Gasteiger partial charge in [-0.25, -0.2) is 4.79 Å². The van der Waals surface area contributed by atoms with Crippen molar-refractivity contribution in [2.45, 2.75) is 68.8 Å². The van der Waals surface area contributed by atoms with Crippen molar-refractivity contribution in [3.05, 3.63) is 30.5 Å². The van der Waals surface area contributed by atoms with Crippen molar-refractivity contribution in [2.75, 3.05) is 12.4 Å². The number of urea groups is 1. The predicted octanol–water partition coefficient (Wildman–Crippen LogP) is 3.86. The molecule has 180 valence electrons. The summed E-state index contributed by atoms with van der Waals surface area (Å²) in [7, 11) is 0. The Kier molecular flexibility index (Phi) is 7.15. The van der Waals surface area contributed by atoms with E-state index in [4.69, 9.17) is 4.74 Å². The van der Waals surface area contributed by atoms with Crippen LogP contribution in [0, 0.1) is 0 Å². The van der Waals surface area contributed by atoms with Crippen molar-refractivity contribution < 1.29 is 14.3 Å². The summed E-state index contributed by atoms with van der Waals surface area (Å²) in [6.07, 6.45) is 8.60. The van der Waals surface area contributed by atoms with Gasteiger partial charge >= 0.3 is 6.03 Å². The Bertz CT molecular complexity index is 1150. The molecule has 3 N–H and O–H groups in total. The first kappa shape index (κ1) is 22.9. The van der Waals surface area contributed by atoms with E-state index in [2.05, 4.69) is 36.4 Å². The molecule has 5 rings (SSSR count). The average Bonchev–Trinajstić information content (AvgIpc) is 3.62. The molecular formula is C24H30N6O3S. The van der Waals surface area contributed by atoms with E-state index in [9.17, 15) is 9.59 Å². The van der Waals surface area contributed by atoms with Crippen LogP contribution in [-0.4, -0.2) is 56.2 Å². The summed E-state index contributed by atoms with van der Waals surface area (Å²) in [5.74, 6) is 1.00. The SMILES string of the molecule is O=C(CCSc1nnc(-c2c[nH]c3ccccc23)n1CC1CCCO1)NC(=O)NC1CCCC1. The maximum absolute atomic E-state index is 12.3. The number of fused-ring (bicyclic) bond motifs is 1. The molecule has 0 bridgehead atoms. The fourth-order valence-corrected chi connectivity index (χ4v) is 5.61. The predicted molar refractivity (Wildman–Crippen MR) is 131 cm³/mol. The number of hydrogen-bond donors (Lipinski definition) is 3. The number of para-hydroxylation sites is 1. The third kappa shape index (κ3) is 5.28. The number of aromatic nitrogens is 4. The molecule has 2 fully saturated rings. The summed E-state index contributed by atoms with van der Waals surface area (Å²) in [6, 6.07) is 7.90. The molecule has 1 saturated heterocycles. The molecule has 2 aliphatic rings. The molecule has 1 aliphatic heterocycles. The van der Waals surface area contributed by atoms with Gasteiger partial charge in [0.25, 0.3) is 0 Å². The number of ether oxygens (including phenoxy) is 1. The van der Waals surface area contributed by atoms with Gasteiger partial charge in [0, 0.05) is 47.5 Å². The Morgan fingerprint density at radius 3 is 2.82 bits per heavy atom. The Morgan fingerprint density at radius 2 is 2.00 bits per heavy atom. The van der Waals surface area contributed by atoms with Crippen molar-refractivity contribution in [3.8, 4) is 11.4 Å². The Labute approximate surface area is 202 Å². The molecule has 10 heteroatoms. The largest absolute Gasteiger partial charge is 0.376 e. The number of carbonyl (C=O) groups is 2. The molecule has 1 aromatic carbocycles. The summed E-state index contributed by atoms with van der Waals surface area (Å²) >= 11 is 1.47. The number of aromatic amines is 1. The molecule has 34 heavy (non-hydrogen) atoms. The maximum atomic E-state index is 12.3. The van der Waals surface area contributed by atoms with Crippen LogP contribution in [0.5, 0.6) is 0 Å². The molecule has 1 atom stereocenters. The number of amides is 3. The number of nitrogens with zero attached hydrogens (tertiary/aromatic N) is 3.